The number of aromatic nitrogens is 1. The van der Waals surface area contributed by atoms with Crippen LogP contribution in [0.1, 0.15) is 6.92 Å². The van der Waals surface area contributed by atoms with Crippen molar-refractivity contribution in [3.8, 4) is 11.6 Å². The topological polar surface area (TPSA) is 72.5 Å². The summed E-state index contributed by atoms with van der Waals surface area (Å²) >= 11 is 3.36. The van der Waals surface area contributed by atoms with Crippen molar-refractivity contribution in [2.75, 3.05) is 23.8 Å². The van der Waals surface area contributed by atoms with Crippen molar-refractivity contribution in [1.29, 1.82) is 0 Å². The molecule has 2 aromatic rings. The third-order valence-corrected chi connectivity index (χ3v) is 3.81. The zero-order chi connectivity index (χ0) is 16.2. The maximum atomic E-state index is 12.2. The summed E-state index contributed by atoms with van der Waals surface area (Å²) in [6.07, 6.45) is 1.62. The quantitative estimate of drug-likeness (QED) is 0.856. The number of fused-ring (bicyclic) bond motifs is 1. The molecular formula is C16H16BrN3O3. The highest BCUT2D eigenvalue weighted by atomic mass is 79.9. The Balaban J connectivity index is 1.62. The fourth-order valence-electron chi connectivity index (χ4n) is 2.11. The van der Waals surface area contributed by atoms with Gasteiger partial charge < -0.3 is 20.1 Å². The van der Waals surface area contributed by atoms with Gasteiger partial charge in [-0.05, 0) is 31.2 Å². The van der Waals surface area contributed by atoms with Crippen molar-refractivity contribution in [2.45, 2.75) is 13.0 Å². The number of ether oxygens (including phenoxy) is 2. The van der Waals surface area contributed by atoms with Gasteiger partial charge in [-0.3, -0.25) is 4.79 Å². The molecule has 0 bridgehead atoms. The number of amides is 1. The molecule has 120 valence electrons. The Hall–Kier alpha value is -2.28. The van der Waals surface area contributed by atoms with Crippen LogP contribution in [0.3, 0.4) is 0 Å². The van der Waals surface area contributed by atoms with Gasteiger partial charge in [-0.1, -0.05) is 15.9 Å². The van der Waals surface area contributed by atoms with Crippen LogP contribution in [0.2, 0.25) is 0 Å². The third kappa shape index (κ3) is 3.92. The van der Waals surface area contributed by atoms with Crippen molar-refractivity contribution in [3.63, 3.8) is 0 Å². The van der Waals surface area contributed by atoms with Gasteiger partial charge in [0.05, 0.1) is 11.9 Å². The number of pyridine rings is 1. The number of anilines is 2. The van der Waals surface area contributed by atoms with Gasteiger partial charge in [-0.15, -0.1) is 0 Å². The first-order valence-electron chi connectivity index (χ1n) is 7.20. The Bertz CT molecular complexity index is 706. The van der Waals surface area contributed by atoms with E-state index in [1.807, 2.05) is 24.3 Å². The van der Waals surface area contributed by atoms with E-state index in [2.05, 4.69) is 31.5 Å². The lowest BCUT2D eigenvalue weighted by Gasteiger charge is -2.19. The summed E-state index contributed by atoms with van der Waals surface area (Å²) < 4.78 is 11.8. The van der Waals surface area contributed by atoms with Crippen LogP contribution >= 0.6 is 15.9 Å². The van der Waals surface area contributed by atoms with Gasteiger partial charge in [-0.25, -0.2) is 4.98 Å². The summed E-state index contributed by atoms with van der Waals surface area (Å²) in [5.74, 6) is 0.928. The second-order valence-electron chi connectivity index (χ2n) is 5.09. The Labute approximate surface area is 142 Å². The lowest BCUT2D eigenvalue weighted by Crippen LogP contribution is -2.32. The van der Waals surface area contributed by atoms with Crippen LogP contribution < -0.4 is 20.1 Å². The van der Waals surface area contributed by atoms with Gasteiger partial charge in [0.1, 0.15) is 19.3 Å². The molecule has 1 aromatic heterocycles. The van der Waals surface area contributed by atoms with Crippen LogP contribution in [0.15, 0.2) is 41.0 Å². The molecule has 1 aromatic carbocycles. The van der Waals surface area contributed by atoms with Crippen LogP contribution in [0, 0.1) is 0 Å². The largest absolute Gasteiger partial charge is 0.484 e. The van der Waals surface area contributed by atoms with Gasteiger partial charge in [0.2, 0.25) is 5.91 Å². The van der Waals surface area contributed by atoms with Gasteiger partial charge in [0, 0.05) is 16.2 Å². The van der Waals surface area contributed by atoms with E-state index in [-0.39, 0.29) is 5.91 Å². The van der Waals surface area contributed by atoms with Gasteiger partial charge >= 0.3 is 0 Å². The fourth-order valence-corrected chi connectivity index (χ4v) is 2.38. The van der Waals surface area contributed by atoms with E-state index in [0.717, 1.165) is 10.2 Å². The van der Waals surface area contributed by atoms with E-state index >= 15 is 0 Å². The Morgan fingerprint density at radius 1 is 1.22 bits per heavy atom. The predicted molar refractivity (Wildman–Crippen MR) is 91.1 cm³/mol. The van der Waals surface area contributed by atoms with Crippen molar-refractivity contribution >= 4 is 33.2 Å². The molecule has 0 spiro atoms. The molecule has 1 aliphatic rings. The molecule has 2 N–H and O–H groups in total. The highest BCUT2D eigenvalue weighted by molar-refractivity contribution is 9.10. The molecule has 2 heterocycles. The molecule has 0 fully saturated rings. The average Bonchev–Trinajstić information content (AvgIpc) is 2.56. The Morgan fingerprint density at radius 3 is 2.74 bits per heavy atom. The van der Waals surface area contributed by atoms with Crippen molar-refractivity contribution in [2.24, 2.45) is 0 Å². The summed E-state index contributed by atoms with van der Waals surface area (Å²) in [5, 5.41) is 5.96. The van der Waals surface area contributed by atoms with Gasteiger partial charge in [0.15, 0.2) is 5.75 Å². The van der Waals surface area contributed by atoms with Gasteiger partial charge in [0.25, 0.3) is 5.88 Å². The molecule has 0 aliphatic carbocycles. The normalized spacial score (nSPS) is 14.0. The van der Waals surface area contributed by atoms with Crippen LogP contribution in [-0.4, -0.2) is 30.1 Å². The summed E-state index contributed by atoms with van der Waals surface area (Å²) in [5.41, 5.74) is 1.44. The number of nitrogens with zero attached hydrogens (tertiary/aromatic N) is 1. The number of benzene rings is 1. The molecule has 6 nitrogen and oxygen atoms in total. The summed E-state index contributed by atoms with van der Waals surface area (Å²) in [6.45, 7) is 2.78. The molecule has 23 heavy (non-hydrogen) atoms. The number of carbonyl (C=O) groups is 1. The van der Waals surface area contributed by atoms with E-state index in [9.17, 15) is 4.79 Å². The second kappa shape index (κ2) is 6.87. The lowest BCUT2D eigenvalue weighted by molar-refractivity contribution is -0.116. The number of nitrogens with one attached hydrogen (secondary N) is 2. The minimum Gasteiger partial charge on any atom is -0.484 e. The molecule has 0 saturated heterocycles. The SMILES string of the molecule is CC(Nc1cnc2c(c1)OCCO2)C(=O)Nc1ccc(Br)cc1. The van der Waals surface area contributed by atoms with Crippen LogP contribution in [-0.2, 0) is 4.79 Å². The van der Waals surface area contributed by atoms with Crippen LogP contribution in [0.4, 0.5) is 11.4 Å². The standard InChI is InChI=1S/C16H16BrN3O3/c1-10(15(21)20-12-4-2-11(17)3-5-12)19-13-8-14-16(18-9-13)23-7-6-22-14/h2-5,8-10,19H,6-7H2,1H3,(H,20,21). The van der Waals surface area contributed by atoms with Gasteiger partial charge in [-0.2, -0.15) is 0 Å². The summed E-state index contributed by atoms with van der Waals surface area (Å²) in [7, 11) is 0. The number of hydrogen-bond acceptors (Lipinski definition) is 5. The first kappa shape index (κ1) is 15.6. The first-order chi connectivity index (χ1) is 11.1. The monoisotopic (exact) mass is 377 g/mol. The Morgan fingerprint density at radius 2 is 1.96 bits per heavy atom. The number of halogens is 1. The van der Waals surface area contributed by atoms with Crippen molar-refractivity contribution in [1.82, 2.24) is 4.98 Å². The summed E-state index contributed by atoms with van der Waals surface area (Å²) in [6, 6.07) is 8.77. The predicted octanol–water partition coefficient (Wildman–Crippen LogP) is 3.05. The summed E-state index contributed by atoms with van der Waals surface area (Å²) in [4.78, 5) is 16.4. The zero-order valence-electron chi connectivity index (χ0n) is 12.5. The van der Waals surface area contributed by atoms with E-state index < -0.39 is 6.04 Å². The lowest BCUT2D eigenvalue weighted by atomic mass is 10.2. The van der Waals surface area contributed by atoms with Crippen molar-refractivity contribution < 1.29 is 14.3 Å². The minimum absolute atomic E-state index is 0.137. The fraction of sp³-hybridized carbons (Fsp3) is 0.250. The highest BCUT2D eigenvalue weighted by Gasteiger charge is 2.17. The van der Waals surface area contributed by atoms with Crippen LogP contribution in [0.25, 0.3) is 0 Å². The maximum absolute atomic E-state index is 12.2. The molecule has 0 radical (unpaired) electrons. The smallest absolute Gasteiger partial charge is 0.257 e. The Kier molecular flexibility index (Phi) is 4.66. The highest BCUT2D eigenvalue weighted by Crippen LogP contribution is 2.30. The molecule has 1 aliphatic heterocycles. The molecular weight excluding hydrogens is 362 g/mol. The number of rotatable bonds is 4. The molecule has 7 heteroatoms. The number of hydrogen-bond donors (Lipinski definition) is 2. The number of carbonyl (C=O) groups excluding carboxylic acids is 1. The molecule has 3 rings (SSSR count). The molecule has 1 amide bonds. The first-order valence-corrected chi connectivity index (χ1v) is 8.00. The molecule has 0 saturated carbocycles. The van der Waals surface area contributed by atoms with Crippen molar-refractivity contribution in [3.05, 3.63) is 41.0 Å². The molecule has 1 atom stereocenters. The zero-order valence-corrected chi connectivity index (χ0v) is 14.1. The van der Waals surface area contributed by atoms with E-state index in [0.29, 0.717) is 30.5 Å². The van der Waals surface area contributed by atoms with E-state index in [1.165, 1.54) is 0 Å². The third-order valence-electron chi connectivity index (χ3n) is 3.29. The average molecular weight is 378 g/mol. The second-order valence-corrected chi connectivity index (χ2v) is 6.00. The van der Waals surface area contributed by atoms with E-state index in [4.69, 9.17) is 9.47 Å². The minimum atomic E-state index is -0.428. The van der Waals surface area contributed by atoms with E-state index in [1.54, 1.807) is 19.2 Å². The van der Waals surface area contributed by atoms with Crippen LogP contribution in [0.5, 0.6) is 11.6 Å². The maximum Gasteiger partial charge on any atom is 0.257 e. The molecule has 1 unspecified atom stereocenters.